The number of aliphatic hydroxyl groups is 1. The van der Waals surface area contributed by atoms with Gasteiger partial charge in [-0.1, -0.05) is 6.92 Å². The van der Waals surface area contributed by atoms with Gasteiger partial charge in [0.2, 0.25) is 0 Å². The molecule has 0 aliphatic heterocycles. The van der Waals surface area contributed by atoms with Crippen LogP contribution in [-0.4, -0.2) is 17.5 Å². The maximum absolute atomic E-state index is 11.3. The van der Waals surface area contributed by atoms with Crippen molar-refractivity contribution in [1.29, 1.82) is 0 Å². The number of ketones is 1. The van der Waals surface area contributed by atoms with Crippen LogP contribution in [0.1, 0.15) is 39.0 Å². The number of carbonyl (C=O) groups excluding carboxylic acids is 1. The van der Waals surface area contributed by atoms with Crippen molar-refractivity contribution in [3.63, 3.8) is 0 Å². The number of aliphatic hydroxyl groups excluding tert-OH is 1. The molecular weight excluding hydrogens is 152 g/mol. The molecule has 1 N–H and O–H groups in total. The maximum atomic E-state index is 11.3. The van der Waals surface area contributed by atoms with Gasteiger partial charge in [0.15, 0.2) is 0 Å². The van der Waals surface area contributed by atoms with E-state index in [0.29, 0.717) is 30.6 Å². The Labute approximate surface area is 74.0 Å². The molecule has 0 spiro atoms. The summed E-state index contributed by atoms with van der Waals surface area (Å²) in [7, 11) is 0. The van der Waals surface area contributed by atoms with Gasteiger partial charge >= 0.3 is 0 Å². The van der Waals surface area contributed by atoms with Gasteiger partial charge in [-0.05, 0) is 31.6 Å². The largest absolute Gasteiger partial charge is 0.396 e. The molecule has 0 bridgehead atoms. The molecule has 12 heavy (non-hydrogen) atoms. The molecule has 0 aromatic heterocycles. The number of hydrogen-bond acceptors (Lipinski definition) is 2. The zero-order valence-corrected chi connectivity index (χ0v) is 7.75. The first-order valence-electron chi connectivity index (χ1n) is 4.91. The van der Waals surface area contributed by atoms with Crippen LogP contribution >= 0.6 is 0 Å². The standard InChI is InChI=1S/C10H18O2/c1-2-10(12)9-5-3-8(7-11)4-6-9/h8-9,11H,2-7H2,1H3. The van der Waals surface area contributed by atoms with Crippen LogP contribution in [0.15, 0.2) is 0 Å². The molecule has 2 heteroatoms. The monoisotopic (exact) mass is 170 g/mol. The lowest BCUT2D eigenvalue weighted by Crippen LogP contribution is -2.22. The summed E-state index contributed by atoms with van der Waals surface area (Å²) in [4.78, 5) is 11.3. The lowest BCUT2D eigenvalue weighted by Gasteiger charge is -2.25. The molecule has 0 amide bonds. The van der Waals surface area contributed by atoms with Gasteiger partial charge in [0.05, 0.1) is 0 Å². The summed E-state index contributed by atoms with van der Waals surface area (Å²) < 4.78 is 0. The van der Waals surface area contributed by atoms with Gasteiger partial charge in [-0.25, -0.2) is 0 Å². The van der Waals surface area contributed by atoms with E-state index in [1.807, 2.05) is 6.92 Å². The Bertz CT molecular complexity index is 146. The van der Waals surface area contributed by atoms with Gasteiger partial charge in [0.1, 0.15) is 5.78 Å². The number of hydrogen-bond donors (Lipinski definition) is 1. The summed E-state index contributed by atoms with van der Waals surface area (Å²) in [6.07, 6.45) is 4.74. The van der Waals surface area contributed by atoms with Gasteiger partial charge in [-0.15, -0.1) is 0 Å². The van der Waals surface area contributed by atoms with Crippen LogP contribution in [0.5, 0.6) is 0 Å². The molecule has 2 nitrogen and oxygen atoms in total. The highest BCUT2D eigenvalue weighted by atomic mass is 16.3. The molecule has 1 aliphatic rings. The Morgan fingerprint density at radius 1 is 1.33 bits per heavy atom. The van der Waals surface area contributed by atoms with Crippen molar-refractivity contribution in [2.45, 2.75) is 39.0 Å². The molecule has 0 aromatic rings. The van der Waals surface area contributed by atoms with Gasteiger partial charge in [-0.2, -0.15) is 0 Å². The van der Waals surface area contributed by atoms with E-state index in [1.165, 1.54) is 0 Å². The highest BCUT2D eigenvalue weighted by Gasteiger charge is 2.24. The molecule has 0 unspecified atom stereocenters. The van der Waals surface area contributed by atoms with Crippen LogP contribution in [0, 0.1) is 11.8 Å². The molecule has 0 saturated heterocycles. The Balaban J connectivity index is 2.30. The molecule has 1 rings (SSSR count). The zero-order valence-electron chi connectivity index (χ0n) is 7.75. The zero-order chi connectivity index (χ0) is 8.97. The Morgan fingerprint density at radius 3 is 2.33 bits per heavy atom. The second-order valence-electron chi connectivity index (χ2n) is 3.72. The van der Waals surface area contributed by atoms with Crippen LogP contribution in [0.25, 0.3) is 0 Å². The van der Waals surface area contributed by atoms with Gasteiger partial charge in [-0.3, -0.25) is 4.79 Å². The first kappa shape index (κ1) is 9.72. The van der Waals surface area contributed by atoms with Crippen molar-refractivity contribution in [3.8, 4) is 0 Å². The minimum absolute atomic E-state index is 0.299. The SMILES string of the molecule is CCC(=O)C1CCC(CO)CC1. The average Bonchev–Trinajstić information content (AvgIpc) is 2.17. The van der Waals surface area contributed by atoms with E-state index in [2.05, 4.69) is 0 Å². The molecule has 1 saturated carbocycles. The number of rotatable bonds is 3. The van der Waals surface area contributed by atoms with Crippen molar-refractivity contribution < 1.29 is 9.90 Å². The van der Waals surface area contributed by atoms with Crippen molar-refractivity contribution in [2.75, 3.05) is 6.61 Å². The first-order chi connectivity index (χ1) is 5.77. The van der Waals surface area contributed by atoms with Gasteiger partial charge in [0, 0.05) is 18.9 Å². The fraction of sp³-hybridized carbons (Fsp3) is 0.900. The Hall–Kier alpha value is -0.370. The van der Waals surface area contributed by atoms with Crippen LogP contribution in [0.4, 0.5) is 0 Å². The van der Waals surface area contributed by atoms with E-state index >= 15 is 0 Å². The van der Waals surface area contributed by atoms with Crippen LogP contribution in [0.2, 0.25) is 0 Å². The topological polar surface area (TPSA) is 37.3 Å². The quantitative estimate of drug-likeness (QED) is 0.700. The smallest absolute Gasteiger partial charge is 0.135 e. The maximum Gasteiger partial charge on any atom is 0.135 e. The van der Waals surface area contributed by atoms with E-state index in [9.17, 15) is 4.79 Å². The second kappa shape index (κ2) is 4.61. The van der Waals surface area contributed by atoms with Crippen molar-refractivity contribution in [3.05, 3.63) is 0 Å². The normalized spacial score (nSPS) is 30.2. The van der Waals surface area contributed by atoms with Crippen molar-refractivity contribution in [1.82, 2.24) is 0 Å². The lowest BCUT2D eigenvalue weighted by atomic mass is 9.80. The number of carbonyl (C=O) groups is 1. The second-order valence-corrected chi connectivity index (χ2v) is 3.72. The minimum Gasteiger partial charge on any atom is -0.396 e. The Kier molecular flexibility index (Phi) is 3.73. The van der Waals surface area contributed by atoms with E-state index < -0.39 is 0 Å². The van der Waals surface area contributed by atoms with Crippen LogP contribution < -0.4 is 0 Å². The van der Waals surface area contributed by atoms with E-state index in [1.54, 1.807) is 0 Å². The first-order valence-corrected chi connectivity index (χ1v) is 4.91. The van der Waals surface area contributed by atoms with Gasteiger partial charge in [0.25, 0.3) is 0 Å². The van der Waals surface area contributed by atoms with Crippen LogP contribution in [0.3, 0.4) is 0 Å². The molecule has 0 atom stereocenters. The molecular formula is C10H18O2. The third-order valence-electron chi connectivity index (χ3n) is 2.91. The van der Waals surface area contributed by atoms with Gasteiger partial charge < -0.3 is 5.11 Å². The summed E-state index contributed by atoms with van der Waals surface area (Å²) in [5, 5.41) is 8.89. The summed E-state index contributed by atoms with van der Waals surface area (Å²) in [5.41, 5.74) is 0. The summed E-state index contributed by atoms with van der Waals surface area (Å²) in [6.45, 7) is 2.23. The molecule has 0 aromatic carbocycles. The third kappa shape index (κ3) is 2.31. The molecule has 70 valence electrons. The summed E-state index contributed by atoms with van der Waals surface area (Å²) in [6, 6.07) is 0. The van der Waals surface area contributed by atoms with Crippen molar-refractivity contribution >= 4 is 5.78 Å². The summed E-state index contributed by atoms with van der Waals surface area (Å²) >= 11 is 0. The fourth-order valence-corrected chi connectivity index (χ4v) is 1.96. The molecule has 1 aliphatic carbocycles. The third-order valence-corrected chi connectivity index (χ3v) is 2.91. The van der Waals surface area contributed by atoms with E-state index in [4.69, 9.17) is 5.11 Å². The van der Waals surface area contributed by atoms with Crippen LogP contribution in [-0.2, 0) is 4.79 Å². The predicted molar refractivity (Wildman–Crippen MR) is 47.8 cm³/mol. The molecule has 0 radical (unpaired) electrons. The highest BCUT2D eigenvalue weighted by Crippen LogP contribution is 2.29. The number of Topliss-reactive ketones (excluding diaryl/α,β-unsaturated/α-hetero) is 1. The highest BCUT2D eigenvalue weighted by molar-refractivity contribution is 5.80. The lowest BCUT2D eigenvalue weighted by molar-refractivity contribution is -0.123. The fourth-order valence-electron chi connectivity index (χ4n) is 1.96. The van der Waals surface area contributed by atoms with Crippen molar-refractivity contribution in [2.24, 2.45) is 11.8 Å². The molecule has 1 fully saturated rings. The predicted octanol–water partition coefficient (Wildman–Crippen LogP) is 1.76. The minimum atomic E-state index is 0.299. The molecule has 0 heterocycles. The summed E-state index contributed by atoms with van der Waals surface area (Å²) in [5.74, 6) is 1.18. The average molecular weight is 170 g/mol. The van der Waals surface area contributed by atoms with E-state index in [0.717, 1.165) is 25.7 Å². The van der Waals surface area contributed by atoms with E-state index in [-0.39, 0.29) is 0 Å². The Morgan fingerprint density at radius 2 is 1.92 bits per heavy atom.